The lowest BCUT2D eigenvalue weighted by Crippen LogP contribution is -2.31. The minimum Gasteiger partial charge on any atom is -0.356 e. The van der Waals surface area contributed by atoms with Gasteiger partial charge in [0.05, 0.1) is 6.54 Å². The molecule has 2 aromatic rings. The molecule has 5 heteroatoms. The zero-order valence-electron chi connectivity index (χ0n) is 11.9. The normalized spacial score (nSPS) is 14.2. The first-order valence-electron chi connectivity index (χ1n) is 7.17. The molecule has 1 saturated carbocycles. The SMILES string of the molecule is CCN(Cc1cc(-c2ccc(F)cc2)on1)C(=O)C1CC1. The summed E-state index contributed by atoms with van der Waals surface area (Å²) in [4.78, 5) is 13.9. The van der Waals surface area contributed by atoms with Crippen LogP contribution < -0.4 is 0 Å². The first-order valence-corrected chi connectivity index (χ1v) is 7.17. The van der Waals surface area contributed by atoms with Crippen molar-refractivity contribution in [2.45, 2.75) is 26.3 Å². The van der Waals surface area contributed by atoms with Gasteiger partial charge < -0.3 is 9.42 Å². The van der Waals surface area contributed by atoms with E-state index in [4.69, 9.17) is 4.52 Å². The monoisotopic (exact) mass is 288 g/mol. The molecule has 0 bridgehead atoms. The molecule has 0 spiro atoms. The van der Waals surface area contributed by atoms with E-state index in [1.165, 1.54) is 12.1 Å². The molecule has 1 heterocycles. The maximum Gasteiger partial charge on any atom is 0.226 e. The van der Waals surface area contributed by atoms with Crippen LogP contribution in [0.3, 0.4) is 0 Å². The Labute approximate surface area is 122 Å². The molecule has 1 aliphatic rings. The van der Waals surface area contributed by atoms with Gasteiger partial charge in [-0.2, -0.15) is 0 Å². The van der Waals surface area contributed by atoms with Gasteiger partial charge in [0.25, 0.3) is 0 Å². The van der Waals surface area contributed by atoms with Gasteiger partial charge in [-0.15, -0.1) is 0 Å². The fourth-order valence-electron chi connectivity index (χ4n) is 2.27. The Bertz CT molecular complexity index is 632. The van der Waals surface area contributed by atoms with Gasteiger partial charge in [0, 0.05) is 24.1 Å². The van der Waals surface area contributed by atoms with Gasteiger partial charge in [-0.1, -0.05) is 5.16 Å². The molecule has 1 aromatic heterocycles. The predicted octanol–water partition coefficient (Wildman–Crippen LogP) is 3.24. The number of halogens is 1. The number of benzene rings is 1. The summed E-state index contributed by atoms with van der Waals surface area (Å²) in [6, 6.07) is 7.86. The smallest absolute Gasteiger partial charge is 0.226 e. The molecule has 110 valence electrons. The fraction of sp³-hybridized carbons (Fsp3) is 0.375. The minimum atomic E-state index is -0.286. The third kappa shape index (κ3) is 3.12. The molecule has 1 amide bonds. The second kappa shape index (κ2) is 5.68. The number of hydrogen-bond acceptors (Lipinski definition) is 3. The van der Waals surface area contributed by atoms with E-state index in [1.807, 2.05) is 6.92 Å². The van der Waals surface area contributed by atoms with E-state index in [9.17, 15) is 9.18 Å². The lowest BCUT2D eigenvalue weighted by atomic mass is 10.1. The highest BCUT2D eigenvalue weighted by Crippen LogP contribution is 2.31. The number of carbonyl (C=O) groups excluding carboxylic acids is 1. The molecule has 0 aliphatic heterocycles. The van der Waals surface area contributed by atoms with E-state index >= 15 is 0 Å². The van der Waals surface area contributed by atoms with E-state index in [1.54, 1.807) is 23.1 Å². The van der Waals surface area contributed by atoms with E-state index in [0.717, 1.165) is 18.4 Å². The van der Waals surface area contributed by atoms with Crippen molar-refractivity contribution >= 4 is 5.91 Å². The van der Waals surface area contributed by atoms with E-state index in [2.05, 4.69) is 5.16 Å². The average Bonchev–Trinajstić information content (AvgIpc) is 3.24. The lowest BCUT2D eigenvalue weighted by Gasteiger charge is -2.19. The van der Waals surface area contributed by atoms with Crippen molar-refractivity contribution in [3.63, 3.8) is 0 Å². The number of hydrogen-bond donors (Lipinski definition) is 0. The molecular weight excluding hydrogens is 271 g/mol. The van der Waals surface area contributed by atoms with Crippen molar-refractivity contribution < 1.29 is 13.7 Å². The van der Waals surface area contributed by atoms with Gasteiger partial charge >= 0.3 is 0 Å². The molecule has 4 nitrogen and oxygen atoms in total. The Morgan fingerprint density at radius 3 is 2.71 bits per heavy atom. The Balaban J connectivity index is 1.72. The van der Waals surface area contributed by atoms with Crippen molar-refractivity contribution in [1.82, 2.24) is 10.1 Å². The summed E-state index contributed by atoms with van der Waals surface area (Å²) in [6.07, 6.45) is 1.99. The van der Waals surface area contributed by atoms with Gasteiger partial charge in [-0.25, -0.2) is 4.39 Å². The molecule has 0 N–H and O–H groups in total. The van der Waals surface area contributed by atoms with Crippen LogP contribution in [0.5, 0.6) is 0 Å². The first kappa shape index (κ1) is 13.8. The van der Waals surface area contributed by atoms with E-state index in [-0.39, 0.29) is 17.6 Å². The third-order valence-corrected chi connectivity index (χ3v) is 3.66. The Morgan fingerprint density at radius 2 is 2.10 bits per heavy atom. The highest BCUT2D eigenvalue weighted by molar-refractivity contribution is 5.81. The van der Waals surface area contributed by atoms with Gasteiger partial charge in [-0.3, -0.25) is 4.79 Å². The maximum atomic E-state index is 12.9. The van der Waals surface area contributed by atoms with Crippen molar-refractivity contribution in [2.75, 3.05) is 6.54 Å². The van der Waals surface area contributed by atoms with Gasteiger partial charge in [0.1, 0.15) is 11.5 Å². The third-order valence-electron chi connectivity index (χ3n) is 3.66. The fourth-order valence-corrected chi connectivity index (χ4v) is 2.27. The van der Waals surface area contributed by atoms with Crippen LogP contribution in [0.25, 0.3) is 11.3 Å². The summed E-state index contributed by atoms with van der Waals surface area (Å²) < 4.78 is 18.2. The van der Waals surface area contributed by atoms with Crippen LogP contribution in [0.4, 0.5) is 4.39 Å². The van der Waals surface area contributed by atoms with Crippen LogP contribution in [-0.2, 0) is 11.3 Å². The summed E-state index contributed by atoms with van der Waals surface area (Å²) in [5, 5.41) is 4.00. The van der Waals surface area contributed by atoms with Crippen LogP contribution in [0.2, 0.25) is 0 Å². The highest BCUT2D eigenvalue weighted by atomic mass is 19.1. The van der Waals surface area contributed by atoms with Crippen molar-refractivity contribution in [3.05, 3.63) is 41.8 Å². The molecule has 0 saturated heterocycles. The zero-order chi connectivity index (χ0) is 14.8. The molecule has 21 heavy (non-hydrogen) atoms. The number of amides is 1. The maximum absolute atomic E-state index is 12.9. The number of carbonyl (C=O) groups is 1. The zero-order valence-corrected chi connectivity index (χ0v) is 11.9. The predicted molar refractivity (Wildman–Crippen MR) is 75.7 cm³/mol. The largest absolute Gasteiger partial charge is 0.356 e. The summed E-state index contributed by atoms with van der Waals surface area (Å²) in [6.45, 7) is 3.08. The number of rotatable bonds is 5. The molecular formula is C16H17FN2O2. The van der Waals surface area contributed by atoms with Gasteiger partial charge in [0.2, 0.25) is 5.91 Å². The molecule has 1 fully saturated rings. The number of nitrogens with zero attached hydrogens (tertiary/aromatic N) is 2. The standard InChI is InChI=1S/C16H17FN2O2/c1-2-19(16(20)12-3-4-12)10-14-9-15(21-18-14)11-5-7-13(17)8-6-11/h5-9,12H,2-4,10H2,1H3. The summed E-state index contributed by atoms with van der Waals surface area (Å²) in [7, 11) is 0. The quantitative estimate of drug-likeness (QED) is 0.848. The van der Waals surface area contributed by atoms with Gasteiger partial charge in [-0.05, 0) is 44.0 Å². The number of aromatic nitrogens is 1. The second-order valence-corrected chi connectivity index (χ2v) is 5.32. The minimum absolute atomic E-state index is 0.198. The molecule has 0 unspecified atom stereocenters. The summed E-state index contributed by atoms with van der Waals surface area (Å²) >= 11 is 0. The molecule has 0 atom stereocenters. The van der Waals surface area contributed by atoms with Crippen molar-refractivity contribution in [2.24, 2.45) is 5.92 Å². The summed E-state index contributed by atoms with van der Waals surface area (Å²) in [5.41, 5.74) is 1.48. The van der Waals surface area contributed by atoms with Crippen molar-refractivity contribution in [3.8, 4) is 11.3 Å². The molecule has 1 aliphatic carbocycles. The van der Waals surface area contributed by atoms with Crippen LogP contribution in [0, 0.1) is 11.7 Å². The van der Waals surface area contributed by atoms with Crippen molar-refractivity contribution in [1.29, 1.82) is 0 Å². The Hall–Kier alpha value is -2.17. The highest BCUT2D eigenvalue weighted by Gasteiger charge is 2.33. The van der Waals surface area contributed by atoms with Crippen LogP contribution in [0.1, 0.15) is 25.5 Å². The van der Waals surface area contributed by atoms with Crippen LogP contribution in [-0.4, -0.2) is 22.5 Å². The van der Waals surface area contributed by atoms with Crippen LogP contribution in [0.15, 0.2) is 34.9 Å². The molecule has 0 radical (unpaired) electrons. The summed E-state index contributed by atoms with van der Waals surface area (Å²) in [5.74, 6) is 0.697. The molecule has 3 rings (SSSR count). The first-order chi connectivity index (χ1) is 10.2. The second-order valence-electron chi connectivity index (χ2n) is 5.32. The Morgan fingerprint density at radius 1 is 1.38 bits per heavy atom. The van der Waals surface area contributed by atoms with Gasteiger partial charge in [0.15, 0.2) is 5.76 Å². The molecule has 1 aromatic carbocycles. The van der Waals surface area contributed by atoms with Crippen LogP contribution >= 0.6 is 0 Å². The lowest BCUT2D eigenvalue weighted by molar-refractivity contribution is -0.133. The van der Waals surface area contributed by atoms with E-state index in [0.29, 0.717) is 24.5 Å². The van der Waals surface area contributed by atoms with E-state index < -0.39 is 0 Å². The Kier molecular flexibility index (Phi) is 3.73. The topological polar surface area (TPSA) is 46.3 Å². The average molecular weight is 288 g/mol.